The monoisotopic (exact) mass is 462 g/mol. The van der Waals surface area contributed by atoms with Crippen molar-refractivity contribution in [2.24, 2.45) is 0 Å². The summed E-state index contributed by atoms with van der Waals surface area (Å²) in [6, 6.07) is 17.3. The zero-order valence-corrected chi connectivity index (χ0v) is 18.0. The Balaban J connectivity index is 1.25. The first kappa shape index (κ1) is 22.3. The minimum atomic E-state index is -4.68. The molecule has 1 aliphatic heterocycles. The van der Waals surface area contributed by atoms with Gasteiger partial charge in [-0.2, -0.15) is 0 Å². The van der Waals surface area contributed by atoms with Crippen LogP contribution in [0.5, 0.6) is 11.5 Å². The summed E-state index contributed by atoms with van der Waals surface area (Å²) in [4.78, 5) is 6.37. The quantitative estimate of drug-likeness (QED) is 0.512. The average Bonchev–Trinajstić information content (AvgIpc) is 2.73. The lowest BCUT2D eigenvalue weighted by Gasteiger charge is -2.39. The van der Waals surface area contributed by atoms with E-state index in [1.165, 1.54) is 12.1 Å². The number of pyridine rings is 1. The van der Waals surface area contributed by atoms with E-state index in [0.29, 0.717) is 11.6 Å². The van der Waals surface area contributed by atoms with E-state index in [0.717, 1.165) is 35.5 Å². The second kappa shape index (κ2) is 9.30. The summed E-state index contributed by atoms with van der Waals surface area (Å²) in [5.74, 6) is 0.549. The number of ether oxygens (including phenoxy) is 2. The van der Waals surface area contributed by atoms with Crippen molar-refractivity contribution in [3.05, 3.63) is 72.4 Å². The lowest BCUT2D eigenvalue weighted by molar-refractivity contribution is -0.274. The average molecular weight is 462 g/mol. The molecule has 0 amide bonds. The Bertz CT molecular complexity index is 1070. The Hall–Kier alpha value is -2.91. The fourth-order valence-electron chi connectivity index (χ4n) is 3.42. The lowest BCUT2D eigenvalue weighted by atomic mass is 10.1. The van der Waals surface area contributed by atoms with E-state index >= 15 is 0 Å². The van der Waals surface area contributed by atoms with Gasteiger partial charge in [-0.25, -0.2) is 4.98 Å². The van der Waals surface area contributed by atoms with Crippen LogP contribution in [0.2, 0.25) is 0 Å². The molecule has 0 N–H and O–H groups in total. The molecule has 2 heterocycles. The summed E-state index contributed by atoms with van der Waals surface area (Å²) < 4.78 is 58.0. The van der Waals surface area contributed by atoms with Crippen molar-refractivity contribution in [2.45, 2.75) is 24.0 Å². The Morgan fingerprint density at radius 1 is 0.969 bits per heavy atom. The van der Waals surface area contributed by atoms with E-state index in [1.54, 1.807) is 30.7 Å². The van der Waals surface area contributed by atoms with Crippen molar-refractivity contribution in [2.75, 3.05) is 19.3 Å². The molecule has 0 saturated carbocycles. The van der Waals surface area contributed by atoms with Gasteiger partial charge in [-0.3, -0.25) is 9.11 Å². The van der Waals surface area contributed by atoms with Gasteiger partial charge < -0.3 is 9.47 Å². The summed E-state index contributed by atoms with van der Waals surface area (Å²) in [5.41, 5.74) is 2.84. The molecule has 3 aromatic rings. The van der Waals surface area contributed by atoms with Crippen LogP contribution < -0.4 is 9.47 Å². The summed E-state index contributed by atoms with van der Waals surface area (Å²) >= 11 is 0. The Labute approximate surface area is 186 Å². The van der Waals surface area contributed by atoms with Gasteiger partial charge >= 0.3 is 6.36 Å². The van der Waals surface area contributed by atoms with Crippen molar-refractivity contribution in [1.82, 2.24) is 9.88 Å². The van der Waals surface area contributed by atoms with Crippen molar-refractivity contribution >= 4 is 10.8 Å². The predicted octanol–water partition coefficient (Wildman–Crippen LogP) is 4.65. The largest absolute Gasteiger partial charge is 0.573 e. The van der Waals surface area contributed by atoms with Gasteiger partial charge in [0.1, 0.15) is 22.6 Å². The smallest absolute Gasteiger partial charge is 0.488 e. The number of nitrogens with zero attached hydrogens (tertiary/aromatic N) is 2. The van der Waals surface area contributed by atoms with E-state index < -0.39 is 17.2 Å². The minimum absolute atomic E-state index is 0.0640. The highest BCUT2D eigenvalue weighted by Gasteiger charge is 2.31. The highest BCUT2D eigenvalue weighted by Crippen LogP contribution is 2.26. The van der Waals surface area contributed by atoms with Crippen molar-refractivity contribution in [3.8, 4) is 22.6 Å². The molecule has 0 bridgehead atoms. The van der Waals surface area contributed by atoms with Crippen LogP contribution in [0, 0.1) is 0 Å². The molecule has 1 saturated heterocycles. The maximum absolute atomic E-state index is 12.2. The predicted molar refractivity (Wildman–Crippen MR) is 115 cm³/mol. The molecular weight excluding hydrogens is 441 g/mol. The van der Waals surface area contributed by atoms with Crippen molar-refractivity contribution in [1.29, 1.82) is 0 Å². The lowest BCUT2D eigenvalue weighted by Crippen LogP contribution is -2.53. The van der Waals surface area contributed by atoms with Crippen LogP contribution in [0.1, 0.15) is 5.56 Å². The number of likely N-dealkylation sites (tertiary alicyclic amines) is 1. The molecule has 0 aliphatic carbocycles. The van der Waals surface area contributed by atoms with Crippen LogP contribution in [-0.2, 0) is 17.3 Å². The summed E-state index contributed by atoms with van der Waals surface area (Å²) in [5, 5.41) is 0.550. The number of rotatable bonds is 7. The zero-order chi connectivity index (χ0) is 22.7. The van der Waals surface area contributed by atoms with Crippen molar-refractivity contribution < 1.29 is 26.9 Å². The third kappa shape index (κ3) is 5.86. The van der Waals surface area contributed by atoms with Gasteiger partial charge in [0.05, 0.1) is 10.8 Å². The van der Waals surface area contributed by atoms with Crippen LogP contribution in [0.4, 0.5) is 13.2 Å². The Kier molecular flexibility index (Phi) is 6.48. The molecule has 1 aromatic heterocycles. The summed E-state index contributed by atoms with van der Waals surface area (Å²) in [6.07, 6.45) is -1.31. The van der Waals surface area contributed by atoms with Gasteiger partial charge in [0.15, 0.2) is 0 Å². The molecule has 0 spiro atoms. The standard InChI is InChI=1S/C23H21F3N2O3S/c1-32(29)22-11-6-18(12-27-22)17-4-9-19(10-5-17)30-21-14-28(15-21)13-16-2-7-20(8-3-16)31-23(24,25)26/h2-12,21H,13-15H2,1H3. The maximum Gasteiger partial charge on any atom is 0.573 e. The van der Waals surface area contributed by atoms with Gasteiger partial charge in [0.2, 0.25) is 0 Å². The second-order valence-electron chi connectivity index (χ2n) is 7.49. The number of alkyl halides is 3. The van der Waals surface area contributed by atoms with Gasteiger partial charge in [-0.05, 0) is 41.5 Å². The number of halogens is 3. The van der Waals surface area contributed by atoms with Crippen molar-refractivity contribution in [3.63, 3.8) is 0 Å². The first-order valence-corrected chi connectivity index (χ1v) is 11.4. The summed E-state index contributed by atoms with van der Waals surface area (Å²) in [6.45, 7) is 2.11. The van der Waals surface area contributed by atoms with Crippen LogP contribution >= 0.6 is 0 Å². The third-order valence-corrected chi connectivity index (χ3v) is 5.84. The SMILES string of the molecule is CS(=O)c1ccc(-c2ccc(OC3CN(Cc4ccc(OC(F)(F)F)cc4)C3)cc2)cn1. The molecule has 32 heavy (non-hydrogen) atoms. The van der Waals surface area contributed by atoms with Gasteiger partial charge in [-0.1, -0.05) is 30.3 Å². The number of hydrogen-bond acceptors (Lipinski definition) is 5. The molecule has 1 unspecified atom stereocenters. The number of aromatic nitrogens is 1. The molecule has 2 aromatic carbocycles. The first-order chi connectivity index (χ1) is 15.2. The fourth-order valence-corrected chi connectivity index (χ4v) is 3.88. The van der Waals surface area contributed by atoms with Crippen LogP contribution in [0.3, 0.4) is 0 Å². The highest BCUT2D eigenvalue weighted by atomic mass is 32.2. The molecule has 168 valence electrons. The summed E-state index contributed by atoms with van der Waals surface area (Å²) in [7, 11) is -1.10. The minimum Gasteiger partial charge on any atom is -0.488 e. The molecule has 5 nitrogen and oxygen atoms in total. The van der Waals surface area contributed by atoms with Gasteiger partial charge in [0.25, 0.3) is 0 Å². The van der Waals surface area contributed by atoms with E-state index in [2.05, 4.69) is 14.6 Å². The second-order valence-corrected chi connectivity index (χ2v) is 8.82. The van der Waals surface area contributed by atoms with E-state index in [-0.39, 0.29) is 11.9 Å². The third-order valence-electron chi connectivity index (χ3n) is 5.01. The Morgan fingerprint density at radius 2 is 1.59 bits per heavy atom. The van der Waals surface area contributed by atoms with Gasteiger partial charge in [0, 0.05) is 37.7 Å². The van der Waals surface area contributed by atoms with Crippen LogP contribution in [0.25, 0.3) is 11.1 Å². The molecular formula is C23H21F3N2O3S. The maximum atomic E-state index is 12.2. The molecule has 1 atom stereocenters. The van der Waals surface area contributed by atoms with Gasteiger partial charge in [-0.15, -0.1) is 13.2 Å². The van der Waals surface area contributed by atoms with E-state index in [1.807, 2.05) is 30.3 Å². The zero-order valence-electron chi connectivity index (χ0n) is 17.2. The highest BCUT2D eigenvalue weighted by molar-refractivity contribution is 7.84. The first-order valence-electron chi connectivity index (χ1n) is 9.89. The van der Waals surface area contributed by atoms with Crippen LogP contribution in [0.15, 0.2) is 71.9 Å². The molecule has 1 aliphatic rings. The van der Waals surface area contributed by atoms with Crippen LogP contribution in [-0.4, -0.2) is 45.9 Å². The number of benzene rings is 2. The molecule has 1 fully saturated rings. The molecule has 4 rings (SSSR count). The van der Waals surface area contributed by atoms with E-state index in [9.17, 15) is 17.4 Å². The molecule has 0 radical (unpaired) electrons. The number of hydrogen-bond donors (Lipinski definition) is 0. The van der Waals surface area contributed by atoms with E-state index in [4.69, 9.17) is 4.74 Å². The molecule has 9 heteroatoms. The normalized spacial score (nSPS) is 15.8. The fraction of sp³-hybridized carbons (Fsp3) is 0.261. The Morgan fingerprint density at radius 3 is 2.16 bits per heavy atom. The topological polar surface area (TPSA) is 51.7 Å².